The molecule has 2 unspecified atom stereocenters. The van der Waals surface area contributed by atoms with Gasteiger partial charge in [-0.1, -0.05) is 18.2 Å². The van der Waals surface area contributed by atoms with Gasteiger partial charge in [-0.3, -0.25) is 9.59 Å². The number of benzene rings is 1. The van der Waals surface area contributed by atoms with Crippen molar-refractivity contribution in [2.75, 3.05) is 20.3 Å². The normalized spacial score (nSPS) is 19.6. The van der Waals surface area contributed by atoms with Crippen LogP contribution in [0.4, 0.5) is 18.0 Å². The largest absolute Gasteiger partial charge is 0.466 e. The molecule has 9 heteroatoms. The zero-order chi connectivity index (χ0) is 21.6. The first-order valence-corrected chi connectivity index (χ1v) is 9.35. The van der Waals surface area contributed by atoms with Crippen LogP contribution in [0.25, 0.3) is 0 Å². The average molecular weight is 415 g/mol. The van der Waals surface area contributed by atoms with Gasteiger partial charge in [0.2, 0.25) is 0 Å². The van der Waals surface area contributed by atoms with E-state index in [1.165, 1.54) is 30.2 Å². The molecule has 1 aromatic rings. The van der Waals surface area contributed by atoms with Gasteiger partial charge in [0.15, 0.2) is 0 Å². The maximum Gasteiger partial charge on any atom is 0.416 e. The van der Waals surface area contributed by atoms with E-state index in [-0.39, 0.29) is 43.8 Å². The summed E-state index contributed by atoms with van der Waals surface area (Å²) in [6.07, 6.45) is -5.18. The zero-order valence-electron chi connectivity index (χ0n) is 16.3. The third-order valence-corrected chi connectivity index (χ3v) is 4.98. The third kappa shape index (κ3) is 5.95. The van der Waals surface area contributed by atoms with Crippen molar-refractivity contribution < 1.29 is 37.0 Å². The number of carbonyl (C=O) groups is 3. The summed E-state index contributed by atoms with van der Waals surface area (Å²) in [5, 5.41) is 0. The topological polar surface area (TPSA) is 72.9 Å². The van der Waals surface area contributed by atoms with Gasteiger partial charge >= 0.3 is 18.2 Å². The monoisotopic (exact) mass is 415 g/mol. The van der Waals surface area contributed by atoms with E-state index in [1.54, 1.807) is 6.92 Å². The SMILES string of the molecule is CCOC(=O)CC(=O)C1CCN(C(=O)OC)C(Cc2ccccc2C(F)(F)F)C1. The highest BCUT2D eigenvalue weighted by atomic mass is 19.4. The van der Waals surface area contributed by atoms with Crippen molar-refractivity contribution in [3.05, 3.63) is 35.4 Å². The lowest BCUT2D eigenvalue weighted by molar-refractivity contribution is -0.147. The first kappa shape index (κ1) is 22.7. The Labute approximate surface area is 167 Å². The second kappa shape index (κ2) is 9.76. The van der Waals surface area contributed by atoms with Gasteiger partial charge in [0.25, 0.3) is 0 Å². The van der Waals surface area contributed by atoms with E-state index in [1.807, 2.05) is 0 Å². The molecule has 1 fully saturated rings. The van der Waals surface area contributed by atoms with Crippen LogP contribution in [0.5, 0.6) is 0 Å². The molecule has 1 aromatic carbocycles. The van der Waals surface area contributed by atoms with Crippen LogP contribution in [0.3, 0.4) is 0 Å². The number of nitrogens with zero attached hydrogens (tertiary/aromatic N) is 1. The Morgan fingerprint density at radius 3 is 2.52 bits per heavy atom. The summed E-state index contributed by atoms with van der Waals surface area (Å²) >= 11 is 0. The predicted molar refractivity (Wildman–Crippen MR) is 97.0 cm³/mol. The fourth-order valence-corrected chi connectivity index (χ4v) is 3.62. The smallest absolute Gasteiger partial charge is 0.416 e. The number of alkyl halides is 3. The fourth-order valence-electron chi connectivity index (χ4n) is 3.62. The number of esters is 1. The van der Waals surface area contributed by atoms with E-state index in [0.29, 0.717) is 6.42 Å². The van der Waals surface area contributed by atoms with E-state index in [0.717, 1.165) is 6.07 Å². The van der Waals surface area contributed by atoms with Crippen LogP contribution in [0.1, 0.15) is 37.3 Å². The van der Waals surface area contributed by atoms with Crippen molar-refractivity contribution in [3.63, 3.8) is 0 Å². The van der Waals surface area contributed by atoms with Crippen molar-refractivity contribution >= 4 is 17.8 Å². The van der Waals surface area contributed by atoms with Crippen LogP contribution in [0.15, 0.2) is 24.3 Å². The molecule has 0 aliphatic carbocycles. The van der Waals surface area contributed by atoms with Crippen molar-refractivity contribution in [3.8, 4) is 0 Å². The Morgan fingerprint density at radius 1 is 1.21 bits per heavy atom. The number of rotatable bonds is 6. The molecule has 1 saturated heterocycles. The number of hydrogen-bond acceptors (Lipinski definition) is 5. The van der Waals surface area contributed by atoms with Gasteiger partial charge in [0, 0.05) is 18.5 Å². The van der Waals surface area contributed by atoms with Gasteiger partial charge in [-0.05, 0) is 37.8 Å². The number of methoxy groups -OCH3 is 1. The third-order valence-electron chi connectivity index (χ3n) is 4.98. The molecule has 0 saturated carbocycles. The number of likely N-dealkylation sites (tertiary alicyclic amines) is 1. The summed E-state index contributed by atoms with van der Waals surface area (Å²) < 4.78 is 49.5. The number of piperidine rings is 1. The molecule has 0 N–H and O–H groups in total. The molecule has 2 atom stereocenters. The van der Waals surface area contributed by atoms with E-state index >= 15 is 0 Å². The Bertz CT molecular complexity index is 750. The van der Waals surface area contributed by atoms with Crippen LogP contribution in [0.2, 0.25) is 0 Å². The van der Waals surface area contributed by atoms with Crippen LogP contribution in [-0.4, -0.2) is 49.0 Å². The molecular weight excluding hydrogens is 391 g/mol. The Hall–Kier alpha value is -2.58. The number of ketones is 1. The summed E-state index contributed by atoms with van der Waals surface area (Å²) in [4.78, 5) is 37.5. The Morgan fingerprint density at radius 2 is 1.90 bits per heavy atom. The first-order chi connectivity index (χ1) is 13.7. The number of hydrogen-bond donors (Lipinski definition) is 0. The van der Waals surface area contributed by atoms with Gasteiger partial charge in [-0.15, -0.1) is 0 Å². The lowest BCUT2D eigenvalue weighted by atomic mass is 9.83. The summed E-state index contributed by atoms with van der Waals surface area (Å²) in [6, 6.07) is 4.50. The van der Waals surface area contributed by atoms with E-state index in [9.17, 15) is 27.6 Å². The number of amides is 1. The molecule has 0 aromatic heterocycles. The second-order valence-electron chi connectivity index (χ2n) is 6.85. The molecule has 1 aliphatic heterocycles. The summed E-state index contributed by atoms with van der Waals surface area (Å²) in [7, 11) is 1.20. The second-order valence-corrected chi connectivity index (χ2v) is 6.85. The molecule has 6 nitrogen and oxygen atoms in total. The minimum Gasteiger partial charge on any atom is -0.466 e. The van der Waals surface area contributed by atoms with Gasteiger partial charge in [-0.25, -0.2) is 4.79 Å². The number of ether oxygens (including phenoxy) is 2. The van der Waals surface area contributed by atoms with E-state index in [4.69, 9.17) is 9.47 Å². The van der Waals surface area contributed by atoms with Crippen LogP contribution in [0, 0.1) is 5.92 Å². The van der Waals surface area contributed by atoms with Crippen molar-refractivity contribution in [1.29, 1.82) is 0 Å². The lowest BCUT2D eigenvalue weighted by Crippen LogP contribution is -2.48. The molecule has 1 amide bonds. The standard InChI is InChI=1S/C20H24F3NO5/c1-3-29-18(26)12-17(25)14-8-9-24(19(27)28-2)15(11-14)10-13-6-4-5-7-16(13)20(21,22)23/h4-7,14-15H,3,8-12H2,1-2H3. The molecule has 2 rings (SSSR count). The maximum atomic E-state index is 13.3. The zero-order valence-corrected chi connectivity index (χ0v) is 16.3. The van der Waals surface area contributed by atoms with Crippen molar-refractivity contribution in [1.82, 2.24) is 4.90 Å². The van der Waals surface area contributed by atoms with E-state index in [2.05, 4.69) is 0 Å². The molecule has 1 heterocycles. The Kier molecular flexibility index (Phi) is 7.64. The van der Waals surface area contributed by atoms with Gasteiger partial charge < -0.3 is 14.4 Å². The lowest BCUT2D eigenvalue weighted by Gasteiger charge is -2.38. The fraction of sp³-hybridized carbons (Fsp3) is 0.550. The maximum absolute atomic E-state index is 13.3. The molecule has 0 bridgehead atoms. The number of Topliss-reactive ketones (excluding diaryl/α,β-unsaturated/α-hetero) is 1. The molecule has 160 valence electrons. The van der Waals surface area contributed by atoms with Crippen molar-refractivity contribution in [2.45, 2.75) is 44.8 Å². The molecular formula is C20H24F3NO5. The quantitative estimate of drug-likeness (QED) is 0.524. The predicted octanol–water partition coefficient (Wildman–Crippen LogP) is 3.62. The average Bonchev–Trinajstić information content (AvgIpc) is 2.67. The summed E-state index contributed by atoms with van der Waals surface area (Å²) in [6.45, 7) is 1.94. The molecule has 29 heavy (non-hydrogen) atoms. The van der Waals surface area contributed by atoms with Gasteiger partial charge in [0.05, 0.1) is 19.3 Å². The van der Waals surface area contributed by atoms with Crippen LogP contribution in [-0.2, 0) is 31.7 Å². The minimum atomic E-state index is -4.53. The highest BCUT2D eigenvalue weighted by Crippen LogP contribution is 2.34. The molecule has 0 spiro atoms. The van der Waals surface area contributed by atoms with Crippen LogP contribution < -0.4 is 0 Å². The minimum absolute atomic E-state index is 0.0393. The highest BCUT2D eigenvalue weighted by molar-refractivity contribution is 5.96. The van der Waals surface area contributed by atoms with Crippen molar-refractivity contribution in [2.24, 2.45) is 5.92 Å². The molecule has 0 radical (unpaired) electrons. The van der Waals surface area contributed by atoms with E-state index < -0.39 is 35.8 Å². The Balaban J connectivity index is 2.22. The molecule has 1 aliphatic rings. The number of carbonyl (C=O) groups excluding carboxylic acids is 3. The van der Waals surface area contributed by atoms with Gasteiger partial charge in [-0.2, -0.15) is 13.2 Å². The summed E-state index contributed by atoms with van der Waals surface area (Å²) in [5.41, 5.74) is -0.734. The van der Waals surface area contributed by atoms with Gasteiger partial charge in [0.1, 0.15) is 12.2 Å². The summed E-state index contributed by atoms with van der Waals surface area (Å²) in [5.74, 6) is -1.50. The highest BCUT2D eigenvalue weighted by Gasteiger charge is 2.38. The number of halogens is 3. The first-order valence-electron chi connectivity index (χ1n) is 9.35. The van der Waals surface area contributed by atoms with Crippen LogP contribution >= 0.6 is 0 Å².